The average Bonchev–Trinajstić information content (AvgIpc) is 2.35. The fourth-order valence-electron chi connectivity index (χ4n) is 2.21. The molecule has 0 bridgehead atoms. The second-order valence-electron chi connectivity index (χ2n) is 4.43. The smallest absolute Gasteiger partial charge is 0.150 e. The van der Waals surface area contributed by atoms with Crippen LogP contribution in [0.5, 0.6) is 0 Å². The molecule has 0 radical (unpaired) electrons. The van der Waals surface area contributed by atoms with Gasteiger partial charge in [0.1, 0.15) is 0 Å². The van der Waals surface area contributed by atoms with Crippen molar-refractivity contribution in [1.29, 1.82) is 0 Å². The van der Waals surface area contributed by atoms with E-state index in [1.165, 1.54) is 0 Å². The van der Waals surface area contributed by atoms with Gasteiger partial charge in [0.15, 0.2) is 5.82 Å². The first-order valence-electron chi connectivity index (χ1n) is 6.07. The maximum Gasteiger partial charge on any atom is 0.150 e. The number of hydrogen-bond donors (Lipinski definition) is 1. The summed E-state index contributed by atoms with van der Waals surface area (Å²) in [6.07, 6.45) is 1.02. The van der Waals surface area contributed by atoms with Gasteiger partial charge in [-0.05, 0) is 12.5 Å². The van der Waals surface area contributed by atoms with Gasteiger partial charge >= 0.3 is 0 Å². The average molecular weight is 238 g/mol. The van der Waals surface area contributed by atoms with E-state index in [1.54, 1.807) is 18.2 Å². The number of morpholine rings is 1. The lowest BCUT2D eigenvalue weighted by Gasteiger charge is -2.35. The molecule has 1 atom stereocenters. The highest BCUT2D eigenvalue weighted by Crippen LogP contribution is 2.19. The molecule has 3 nitrogen and oxygen atoms in total. The predicted molar refractivity (Wildman–Crippen MR) is 66.1 cm³/mol. The van der Waals surface area contributed by atoms with Gasteiger partial charge in [0.25, 0.3) is 0 Å². The van der Waals surface area contributed by atoms with Crippen LogP contribution in [-0.4, -0.2) is 30.7 Å². The molecule has 1 aromatic rings. The number of nitrogens with two attached hydrogens (primary N) is 1. The van der Waals surface area contributed by atoms with Crippen LogP contribution in [0.1, 0.15) is 18.9 Å². The van der Waals surface area contributed by atoms with E-state index >= 15 is 0 Å². The normalized spacial score (nSPS) is 21.6. The number of halogens is 1. The molecule has 1 saturated heterocycles. The van der Waals surface area contributed by atoms with Crippen LogP contribution in [0.4, 0.5) is 10.1 Å². The number of anilines is 1. The molecule has 1 heterocycles. The molecule has 1 unspecified atom stereocenters. The zero-order valence-electron chi connectivity index (χ0n) is 10.2. The van der Waals surface area contributed by atoms with E-state index < -0.39 is 0 Å². The number of ether oxygens (including phenoxy) is 1. The molecule has 2 rings (SSSR count). The van der Waals surface area contributed by atoms with Crippen molar-refractivity contribution in [2.24, 2.45) is 0 Å². The molecule has 0 saturated carbocycles. The van der Waals surface area contributed by atoms with Crippen molar-refractivity contribution in [2.45, 2.75) is 25.9 Å². The van der Waals surface area contributed by atoms with Crippen LogP contribution in [0.3, 0.4) is 0 Å². The molecule has 1 fully saturated rings. The molecule has 94 valence electrons. The summed E-state index contributed by atoms with van der Waals surface area (Å²) in [6.45, 7) is 5.05. The van der Waals surface area contributed by atoms with Gasteiger partial charge in [0.2, 0.25) is 0 Å². The standard InChI is InChI=1S/C13H19FN2O/c1-2-11-9-17-7-6-16(11)8-10-4-3-5-12(15)13(10)14/h3-5,11H,2,6-9,15H2,1H3. The van der Waals surface area contributed by atoms with E-state index in [0.717, 1.165) is 26.2 Å². The molecule has 0 aliphatic carbocycles. The lowest BCUT2D eigenvalue weighted by atomic mass is 10.1. The van der Waals surface area contributed by atoms with Gasteiger partial charge in [-0.3, -0.25) is 4.90 Å². The fraction of sp³-hybridized carbons (Fsp3) is 0.538. The molecular formula is C13H19FN2O. The lowest BCUT2D eigenvalue weighted by Crippen LogP contribution is -2.44. The first kappa shape index (κ1) is 12.3. The molecule has 1 aliphatic heterocycles. The van der Waals surface area contributed by atoms with Crippen LogP contribution >= 0.6 is 0 Å². The number of nitrogens with zero attached hydrogens (tertiary/aromatic N) is 1. The number of nitrogen functional groups attached to an aromatic ring is 1. The Balaban J connectivity index is 2.11. The Kier molecular flexibility index (Phi) is 3.97. The molecule has 4 heteroatoms. The minimum Gasteiger partial charge on any atom is -0.396 e. The van der Waals surface area contributed by atoms with Crippen molar-refractivity contribution in [1.82, 2.24) is 4.90 Å². The van der Waals surface area contributed by atoms with Crippen LogP contribution in [0.25, 0.3) is 0 Å². The first-order valence-corrected chi connectivity index (χ1v) is 6.07. The molecule has 1 aliphatic rings. The van der Waals surface area contributed by atoms with Crippen molar-refractivity contribution >= 4 is 5.69 Å². The minimum atomic E-state index is -0.283. The summed E-state index contributed by atoms with van der Waals surface area (Å²) in [6, 6.07) is 5.57. The topological polar surface area (TPSA) is 38.5 Å². The highest BCUT2D eigenvalue weighted by atomic mass is 19.1. The van der Waals surface area contributed by atoms with Gasteiger partial charge in [-0.1, -0.05) is 19.1 Å². The van der Waals surface area contributed by atoms with E-state index in [1.807, 2.05) is 0 Å². The summed E-state index contributed by atoms with van der Waals surface area (Å²) < 4.78 is 19.2. The number of benzene rings is 1. The molecule has 2 N–H and O–H groups in total. The van der Waals surface area contributed by atoms with Gasteiger partial charge < -0.3 is 10.5 Å². The van der Waals surface area contributed by atoms with E-state index in [9.17, 15) is 4.39 Å². The van der Waals surface area contributed by atoms with E-state index in [0.29, 0.717) is 18.2 Å². The summed E-state index contributed by atoms with van der Waals surface area (Å²) in [5.74, 6) is -0.283. The second-order valence-corrected chi connectivity index (χ2v) is 4.43. The predicted octanol–water partition coefficient (Wildman–Crippen LogP) is 2.02. The Hall–Kier alpha value is -1.13. The van der Waals surface area contributed by atoms with Crippen LogP contribution < -0.4 is 5.73 Å². The van der Waals surface area contributed by atoms with Gasteiger partial charge in [-0.2, -0.15) is 0 Å². The molecule has 0 aromatic heterocycles. The Morgan fingerprint density at radius 2 is 2.35 bits per heavy atom. The van der Waals surface area contributed by atoms with Crippen LogP contribution in [0.2, 0.25) is 0 Å². The maximum absolute atomic E-state index is 13.8. The molecule has 1 aromatic carbocycles. The number of rotatable bonds is 3. The third-order valence-corrected chi connectivity index (χ3v) is 3.30. The summed E-state index contributed by atoms with van der Waals surface area (Å²) in [5.41, 5.74) is 6.47. The Morgan fingerprint density at radius 3 is 3.12 bits per heavy atom. The van der Waals surface area contributed by atoms with Gasteiger partial charge in [0, 0.05) is 24.7 Å². The summed E-state index contributed by atoms with van der Waals surface area (Å²) in [5, 5.41) is 0. The third kappa shape index (κ3) is 2.76. The minimum absolute atomic E-state index is 0.226. The van der Waals surface area contributed by atoms with Gasteiger partial charge in [-0.25, -0.2) is 4.39 Å². The van der Waals surface area contributed by atoms with Crippen molar-refractivity contribution in [3.05, 3.63) is 29.6 Å². The SMILES string of the molecule is CCC1COCCN1Cc1cccc(N)c1F. The molecule has 0 spiro atoms. The summed E-state index contributed by atoms with van der Waals surface area (Å²) in [4.78, 5) is 2.27. The monoisotopic (exact) mass is 238 g/mol. The summed E-state index contributed by atoms with van der Waals surface area (Å²) in [7, 11) is 0. The van der Waals surface area contributed by atoms with Gasteiger partial charge in [-0.15, -0.1) is 0 Å². The van der Waals surface area contributed by atoms with Crippen LogP contribution in [0.15, 0.2) is 18.2 Å². The first-order chi connectivity index (χ1) is 8.22. The highest BCUT2D eigenvalue weighted by Gasteiger charge is 2.22. The number of hydrogen-bond acceptors (Lipinski definition) is 3. The van der Waals surface area contributed by atoms with Crippen molar-refractivity contribution in [2.75, 3.05) is 25.5 Å². The van der Waals surface area contributed by atoms with Crippen LogP contribution in [-0.2, 0) is 11.3 Å². The largest absolute Gasteiger partial charge is 0.396 e. The fourth-order valence-corrected chi connectivity index (χ4v) is 2.21. The van der Waals surface area contributed by atoms with Crippen molar-refractivity contribution in [3.8, 4) is 0 Å². The maximum atomic E-state index is 13.8. The van der Waals surface area contributed by atoms with Gasteiger partial charge in [0.05, 0.1) is 18.9 Å². The second kappa shape index (κ2) is 5.47. The zero-order chi connectivity index (χ0) is 12.3. The zero-order valence-corrected chi connectivity index (χ0v) is 10.2. The van der Waals surface area contributed by atoms with Crippen LogP contribution in [0, 0.1) is 5.82 Å². The molecule has 17 heavy (non-hydrogen) atoms. The summed E-state index contributed by atoms with van der Waals surface area (Å²) >= 11 is 0. The third-order valence-electron chi connectivity index (χ3n) is 3.30. The van der Waals surface area contributed by atoms with Crippen molar-refractivity contribution in [3.63, 3.8) is 0 Å². The quantitative estimate of drug-likeness (QED) is 0.819. The lowest BCUT2D eigenvalue weighted by molar-refractivity contribution is -0.0131. The highest BCUT2D eigenvalue weighted by molar-refractivity contribution is 5.42. The Labute approximate surface area is 101 Å². The Morgan fingerprint density at radius 1 is 1.53 bits per heavy atom. The van der Waals surface area contributed by atoms with Crippen molar-refractivity contribution < 1.29 is 9.13 Å². The molecular weight excluding hydrogens is 219 g/mol. The Bertz CT molecular complexity index is 384. The van der Waals surface area contributed by atoms with E-state index in [2.05, 4.69) is 11.8 Å². The van der Waals surface area contributed by atoms with E-state index in [-0.39, 0.29) is 11.5 Å². The van der Waals surface area contributed by atoms with E-state index in [4.69, 9.17) is 10.5 Å². The molecule has 0 amide bonds.